The first-order valence-electron chi connectivity index (χ1n) is 3.35. The maximum atomic E-state index is 12.4. The smallest absolute Gasteiger partial charge is 0.191 e. The lowest BCUT2D eigenvalue weighted by molar-refractivity contribution is 0.539. The number of hydrogen-bond acceptors (Lipinski definition) is 0. The maximum Gasteiger partial charge on any atom is 0.191 e. The summed E-state index contributed by atoms with van der Waals surface area (Å²) in [4.78, 5) is 2.65. The Morgan fingerprint density at radius 2 is 1.90 bits per heavy atom. The zero-order chi connectivity index (χ0) is 7.78. The Morgan fingerprint density at radius 3 is 2.10 bits per heavy atom. The Balaban J connectivity index is 2.96. The molecular formula is C8H12FN. The number of halogens is 1. The van der Waals surface area contributed by atoms with Crippen LogP contribution in [0.1, 0.15) is 26.5 Å². The standard InChI is InChI=1S/C8H12FN/c1-8(2,3)6-4-5-7(9)10-6/h4-5,10H,1-3H3. The summed E-state index contributed by atoms with van der Waals surface area (Å²) in [6, 6.07) is 3.22. The van der Waals surface area contributed by atoms with Crippen molar-refractivity contribution in [3.05, 3.63) is 23.8 Å². The molecule has 0 saturated heterocycles. The van der Waals surface area contributed by atoms with Crippen molar-refractivity contribution >= 4 is 0 Å². The van der Waals surface area contributed by atoms with E-state index < -0.39 is 0 Å². The molecule has 0 radical (unpaired) electrons. The van der Waals surface area contributed by atoms with Crippen LogP contribution in [0.5, 0.6) is 0 Å². The Bertz CT molecular complexity index is 219. The van der Waals surface area contributed by atoms with E-state index in [1.165, 1.54) is 6.07 Å². The van der Waals surface area contributed by atoms with Gasteiger partial charge in [-0.3, -0.25) is 0 Å². The van der Waals surface area contributed by atoms with E-state index in [2.05, 4.69) is 4.98 Å². The summed E-state index contributed by atoms with van der Waals surface area (Å²) in [6.45, 7) is 6.12. The van der Waals surface area contributed by atoms with Crippen LogP contribution in [0, 0.1) is 5.95 Å². The quantitative estimate of drug-likeness (QED) is 0.571. The van der Waals surface area contributed by atoms with Gasteiger partial charge in [0.1, 0.15) is 0 Å². The van der Waals surface area contributed by atoms with Crippen LogP contribution in [0.3, 0.4) is 0 Å². The van der Waals surface area contributed by atoms with E-state index in [-0.39, 0.29) is 11.4 Å². The molecule has 0 aliphatic rings. The van der Waals surface area contributed by atoms with Crippen LogP contribution in [0.15, 0.2) is 12.1 Å². The van der Waals surface area contributed by atoms with E-state index >= 15 is 0 Å². The maximum absolute atomic E-state index is 12.4. The highest BCUT2D eigenvalue weighted by molar-refractivity contribution is 5.14. The minimum absolute atomic E-state index is 0.0182. The molecule has 1 nitrogen and oxygen atoms in total. The second-order valence-electron chi connectivity index (χ2n) is 3.47. The zero-order valence-corrected chi connectivity index (χ0v) is 6.53. The summed E-state index contributed by atoms with van der Waals surface area (Å²) < 4.78 is 12.4. The van der Waals surface area contributed by atoms with Crippen molar-refractivity contribution in [2.45, 2.75) is 26.2 Å². The van der Waals surface area contributed by atoms with Crippen LogP contribution < -0.4 is 0 Å². The van der Waals surface area contributed by atoms with Gasteiger partial charge in [-0.15, -0.1) is 0 Å². The predicted octanol–water partition coefficient (Wildman–Crippen LogP) is 2.45. The first kappa shape index (κ1) is 7.32. The van der Waals surface area contributed by atoms with E-state index in [1.54, 1.807) is 6.07 Å². The molecule has 0 aliphatic heterocycles. The zero-order valence-electron chi connectivity index (χ0n) is 6.53. The van der Waals surface area contributed by atoms with Crippen molar-refractivity contribution in [2.75, 3.05) is 0 Å². The molecule has 1 rings (SSSR count). The number of H-pyrrole nitrogens is 1. The Morgan fingerprint density at radius 1 is 1.30 bits per heavy atom. The predicted molar refractivity (Wildman–Crippen MR) is 39.5 cm³/mol. The molecule has 1 aromatic rings. The van der Waals surface area contributed by atoms with Gasteiger partial charge in [-0.25, -0.2) is 0 Å². The van der Waals surface area contributed by atoms with Crippen LogP contribution in [0.4, 0.5) is 4.39 Å². The minimum Gasteiger partial charge on any atom is -0.335 e. The average molecular weight is 141 g/mol. The third-order valence-electron chi connectivity index (χ3n) is 1.46. The molecule has 0 saturated carbocycles. The highest BCUT2D eigenvalue weighted by Crippen LogP contribution is 2.20. The van der Waals surface area contributed by atoms with Gasteiger partial charge < -0.3 is 4.98 Å². The molecule has 0 amide bonds. The second kappa shape index (κ2) is 2.11. The Labute approximate surface area is 60.3 Å². The second-order valence-corrected chi connectivity index (χ2v) is 3.47. The fraction of sp³-hybridized carbons (Fsp3) is 0.500. The number of aromatic amines is 1. The number of rotatable bonds is 0. The van der Waals surface area contributed by atoms with Gasteiger partial charge in [0.15, 0.2) is 5.95 Å². The molecule has 0 unspecified atom stereocenters. The highest BCUT2D eigenvalue weighted by atomic mass is 19.1. The highest BCUT2D eigenvalue weighted by Gasteiger charge is 2.14. The molecule has 10 heavy (non-hydrogen) atoms. The van der Waals surface area contributed by atoms with Crippen molar-refractivity contribution in [1.29, 1.82) is 0 Å². The van der Waals surface area contributed by atoms with Gasteiger partial charge in [0.05, 0.1) is 0 Å². The van der Waals surface area contributed by atoms with Crippen molar-refractivity contribution in [1.82, 2.24) is 4.98 Å². The Kier molecular flexibility index (Phi) is 1.55. The van der Waals surface area contributed by atoms with Gasteiger partial charge in [-0.05, 0) is 12.1 Å². The molecule has 1 N–H and O–H groups in total. The number of nitrogens with one attached hydrogen (secondary N) is 1. The molecule has 0 atom stereocenters. The molecule has 0 bridgehead atoms. The summed E-state index contributed by atoms with van der Waals surface area (Å²) in [7, 11) is 0. The van der Waals surface area contributed by atoms with Crippen LogP contribution >= 0.6 is 0 Å². The van der Waals surface area contributed by atoms with Gasteiger partial charge in [0, 0.05) is 11.1 Å². The van der Waals surface area contributed by atoms with Gasteiger partial charge in [0.2, 0.25) is 0 Å². The van der Waals surface area contributed by atoms with E-state index in [1.807, 2.05) is 20.8 Å². The molecule has 1 aromatic heterocycles. The van der Waals surface area contributed by atoms with Crippen molar-refractivity contribution in [3.8, 4) is 0 Å². The minimum atomic E-state index is -0.259. The summed E-state index contributed by atoms with van der Waals surface area (Å²) in [6.07, 6.45) is 0. The molecule has 0 aromatic carbocycles. The van der Waals surface area contributed by atoms with Gasteiger partial charge >= 0.3 is 0 Å². The van der Waals surface area contributed by atoms with Gasteiger partial charge in [-0.1, -0.05) is 20.8 Å². The van der Waals surface area contributed by atoms with Crippen LogP contribution in [0.25, 0.3) is 0 Å². The molecular weight excluding hydrogens is 129 g/mol. The van der Waals surface area contributed by atoms with E-state index in [0.29, 0.717) is 0 Å². The summed E-state index contributed by atoms with van der Waals surface area (Å²) in [5, 5.41) is 0. The lowest BCUT2D eigenvalue weighted by Gasteiger charge is -2.15. The largest absolute Gasteiger partial charge is 0.335 e. The molecule has 56 valence electrons. The first-order valence-corrected chi connectivity index (χ1v) is 3.35. The SMILES string of the molecule is CC(C)(C)c1ccc(F)[nH]1. The Hall–Kier alpha value is -0.790. The first-order chi connectivity index (χ1) is 4.50. The number of hydrogen-bond donors (Lipinski definition) is 1. The third kappa shape index (κ3) is 1.38. The van der Waals surface area contributed by atoms with Crippen LogP contribution in [0.2, 0.25) is 0 Å². The molecule has 1 heterocycles. The fourth-order valence-electron chi connectivity index (χ4n) is 0.806. The van der Waals surface area contributed by atoms with Crippen molar-refractivity contribution in [3.63, 3.8) is 0 Å². The van der Waals surface area contributed by atoms with Crippen LogP contribution in [-0.2, 0) is 5.41 Å². The number of aromatic nitrogens is 1. The van der Waals surface area contributed by atoms with Gasteiger partial charge in [-0.2, -0.15) is 4.39 Å². The monoisotopic (exact) mass is 141 g/mol. The summed E-state index contributed by atoms with van der Waals surface area (Å²) in [5.41, 5.74) is 0.953. The normalized spacial score (nSPS) is 12.0. The van der Waals surface area contributed by atoms with Crippen LogP contribution in [-0.4, -0.2) is 4.98 Å². The van der Waals surface area contributed by atoms with Gasteiger partial charge in [0.25, 0.3) is 0 Å². The fourth-order valence-corrected chi connectivity index (χ4v) is 0.806. The molecule has 0 aliphatic carbocycles. The lowest BCUT2D eigenvalue weighted by Crippen LogP contribution is -2.11. The molecule has 0 fully saturated rings. The summed E-state index contributed by atoms with van der Waals surface area (Å²) in [5.74, 6) is -0.259. The van der Waals surface area contributed by atoms with E-state index in [4.69, 9.17) is 0 Å². The van der Waals surface area contributed by atoms with E-state index in [0.717, 1.165) is 5.69 Å². The molecule has 2 heteroatoms. The summed E-state index contributed by atoms with van der Waals surface area (Å²) >= 11 is 0. The van der Waals surface area contributed by atoms with Crippen molar-refractivity contribution < 1.29 is 4.39 Å². The lowest BCUT2D eigenvalue weighted by atomic mass is 9.93. The topological polar surface area (TPSA) is 15.8 Å². The molecule has 0 spiro atoms. The third-order valence-corrected chi connectivity index (χ3v) is 1.46. The average Bonchev–Trinajstić information content (AvgIpc) is 2.11. The van der Waals surface area contributed by atoms with Crippen molar-refractivity contribution in [2.24, 2.45) is 0 Å². The van der Waals surface area contributed by atoms with E-state index in [9.17, 15) is 4.39 Å².